The molecule has 3 unspecified atom stereocenters. The molecule has 3 atom stereocenters. The third-order valence-electron chi connectivity index (χ3n) is 4.55. The predicted octanol–water partition coefficient (Wildman–Crippen LogP) is 2.46. The first-order chi connectivity index (χ1) is 9.63. The molecule has 2 aromatic rings. The molecule has 0 amide bonds. The fourth-order valence-electron chi connectivity index (χ4n) is 2.93. The molecule has 3 rings (SSSR count). The molecule has 1 aliphatic heterocycles. The zero-order chi connectivity index (χ0) is 14.2. The number of benzene rings is 1. The van der Waals surface area contributed by atoms with Crippen LogP contribution in [0.3, 0.4) is 0 Å². The second-order valence-corrected chi connectivity index (χ2v) is 5.70. The average molecular weight is 271 g/mol. The molecule has 0 aliphatic carbocycles. The number of nitrogens with zero attached hydrogens (tertiary/aromatic N) is 2. The lowest BCUT2D eigenvalue weighted by Crippen LogP contribution is -2.38. The van der Waals surface area contributed by atoms with E-state index in [0.29, 0.717) is 0 Å². The first kappa shape index (κ1) is 13.3. The molecule has 4 nitrogen and oxygen atoms in total. The highest BCUT2D eigenvalue weighted by Crippen LogP contribution is 2.35. The summed E-state index contributed by atoms with van der Waals surface area (Å²) in [4.78, 5) is 4.32. The second kappa shape index (κ2) is 5.04. The van der Waals surface area contributed by atoms with Crippen LogP contribution in [0.5, 0.6) is 0 Å². The monoisotopic (exact) mass is 271 g/mol. The largest absolute Gasteiger partial charge is 0.376 e. The van der Waals surface area contributed by atoms with Gasteiger partial charge in [0, 0.05) is 6.61 Å². The van der Waals surface area contributed by atoms with Gasteiger partial charge in [0.15, 0.2) is 0 Å². The van der Waals surface area contributed by atoms with Crippen molar-refractivity contribution >= 4 is 0 Å². The molecule has 1 aliphatic rings. The minimum absolute atomic E-state index is 0.0712. The Morgan fingerprint density at radius 2 is 2.15 bits per heavy atom. The van der Waals surface area contributed by atoms with E-state index in [1.807, 2.05) is 30.7 Å². The molecule has 0 spiro atoms. The Labute approximate surface area is 119 Å². The Morgan fingerprint density at radius 1 is 1.40 bits per heavy atom. The van der Waals surface area contributed by atoms with Gasteiger partial charge in [-0.15, -0.1) is 0 Å². The van der Waals surface area contributed by atoms with Gasteiger partial charge in [-0.1, -0.05) is 30.3 Å². The summed E-state index contributed by atoms with van der Waals surface area (Å²) in [5.74, 6) is 0. The van der Waals surface area contributed by atoms with Crippen molar-refractivity contribution in [2.75, 3.05) is 6.61 Å². The summed E-state index contributed by atoms with van der Waals surface area (Å²) in [6.45, 7) is 5.12. The third-order valence-corrected chi connectivity index (χ3v) is 4.55. The van der Waals surface area contributed by atoms with Crippen LogP contribution in [0.25, 0.3) is 0 Å². The Hall–Kier alpha value is -1.65. The molecular weight excluding hydrogens is 250 g/mol. The number of rotatable bonds is 3. The molecule has 2 N–H and O–H groups in total. The lowest BCUT2D eigenvalue weighted by Gasteiger charge is -2.32. The number of imidazole rings is 1. The van der Waals surface area contributed by atoms with Crippen molar-refractivity contribution in [2.24, 2.45) is 5.73 Å². The van der Waals surface area contributed by atoms with E-state index in [-0.39, 0.29) is 17.7 Å². The van der Waals surface area contributed by atoms with E-state index in [2.05, 4.69) is 35.5 Å². The van der Waals surface area contributed by atoms with E-state index in [1.54, 1.807) is 0 Å². The molecule has 4 heteroatoms. The summed E-state index contributed by atoms with van der Waals surface area (Å²) in [6, 6.07) is 9.97. The number of aromatic nitrogens is 2. The standard InChI is InChI=1S/C16H21N3O/c1-12-16(2,8-9-20-12)19-11-18-10-14(19)15(17)13-6-4-3-5-7-13/h3-7,10-12,15H,8-9,17H2,1-2H3. The van der Waals surface area contributed by atoms with Crippen LogP contribution in [-0.2, 0) is 10.3 Å². The summed E-state index contributed by atoms with van der Waals surface area (Å²) in [6.07, 6.45) is 4.90. The molecule has 0 saturated carbocycles. The van der Waals surface area contributed by atoms with Crippen molar-refractivity contribution in [1.82, 2.24) is 9.55 Å². The van der Waals surface area contributed by atoms with E-state index in [4.69, 9.17) is 10.5 Å². The van der Waals surface area contributed by atoms with E-state index in [0.717, 1.165) is 24.3 Å². The van der Waals surface area contributed by atoms with Gasteiger partial charge in [-0.25, -0.2) is 4.98 Å². The van der Waals surface area contributed by atoms with Crippen LogP contribution in [0.4, 0.5) is 0 Å². The maximum atomic E-state index is 6.43. The fraction of sp³-hybridized carbons (Fsp3) is 0.438. The molecule has 1 fully saturated rings. The van der Waals surface area contributed by atoms with E-state index in [1.165, 1.54) is 0 Å². The van der Waals surface area contributed by atoms with Gasteiger partial charge in [0.25, 0.3) is 0 Å². The van der Waals surface area contributed by atoms with Gasteiger partial charge in [0.2, 0.25) is 0 Å². The van der Waals surface area contributed by atoms with Gasteiger partial charge in [0.05, 0.1) is 35.9 Å². The molecule has 1 aromatic carbocycles. The van der Waals surface area contributed by atoms with Crippen molar-refractivity contribution in [3.05, 3.63) is 54.1 Å². The maximum absolute atomic E-state index is 6.43. The third kappa shape index (κ3) is 2.05. The van der Waals surface area contributed by atoms with Gasteiger partial charge in [0.1, 0.15) is 0 Å². The van der Waals surface area contributed by atoms with Gasteiger partial charge >= 0.3 is 0 Å². The van der Waals surface area contributed by atoms with Gasteiger partial charge < -0.3 is 15.0 Å². The molecule has 106 valence electrons. The Morgan fingerprint density at radius 3 is 2.80 bits per heavy atom. The fourth-order valence-corrected chi connectivity index (χ4v) is 2.93. The number of hydrogen-bond donors (Lipinski definition) is 1. The molecule has 2 heterocycles. The lowest BCUT2D eigenvalue weighted by molar-refractivity contribution is 0.0746. The normalized spacial score (nSPS) is 27.6. The van der Waals surface area contributed by atoms with Crippen LogP contribution in [0.2, 0.25) is 0 Å². The molecule has 1 aromatic heterocycles. The zero-order valence-electron chi connectivity index (χ0n) is 12.0. The first-order valence-corrected chi connectivity index (χ1v) is 7.08. The van der Waals surface area contributed by atoms with Crippen molar-refractivity contribution in [2.45, 2.75) is 38.0 Å². The Bertz CT molecular complexity index is 580. The maximum Gasteiger partial charge on any atom is 0.0954 e. The van der Waals surface area contributed by atoms with Crippen molar-refractivity contribution in [3.8, 4) is 0 Å². The van der Waals surface area contributed by atoms with Crippen LogP contribution in [-0.4, -0.2) is 22.3 Å². The minimum atomic E-state index is -0.164. The molecule has 0 radical (unpaired) electrons. The van der Waals surface area contributed by atoms with E-state index >= 15 is 0 Å². The van der Waals surface area contributed by atoms with Crippen LogP contribution < -0.4 is 5.73 Å². The smallest absolute Gasteiger partial charge is 0.0954 e. The molecule has 20 heavy (non-hydrogen) atoms. The van der Waals surface area contributed by atoms with Gasteiger partial charge in [-0.05, 0) is 25.8 Å². The quantitative estimate of drug-likeness (QED) is 0.933. The number of ether oxygens (including phenoxy) is 1. The Kier molecular flexibility index (Phi) is 3.36. The summed E-state index contributed by atoms with van der Waals surface area (Å²) in [5.41, 5.74) is 8.50. The van der Waals surface area contributed by atoms with Crippen LogP contribution in [0.1, 0.15) is 37.6 Å². The SMILES string of the molecule is CC1OCCC1(C)n1cncc1C(N)c1ccccc1. The summed E-state index contributed by atoms with van der Waals surface area (Å²) >= 11 is 0. The first-order valence-electron chi connectivity index (χ1n) is 7.08. The summed E-state index contributed by atoms with van der Waals surface area (Å²) < 4.78 is 7.94. The highest BCUT2D eigenvalue weighted by atomic mass is 16.5. The topological polar surface area (TPSA) is 53.1 Å². The highest BCUT2D eigenvalue weighted by Gasteiger charge is 2.40. The van der Waals surface area contributed by atoms with Crippen molar-refractivity contribution in [3.63, 3.8) is 0 Å². The van der Waals surface area contributed by atoms with Gasteiger partial charge in [-0.2, -0.15) is 0 Å². The molecule has 0 bridgehead atoms. The highest BCUT2D eigenvalue weighted by molar-refractivity contribution is 5.27. The van der Waals surface area contributed by atoms with Crippen molar-refractivity contribution < 1.29 is 4.74 Å². The van der Waals surface area contributed by atoms with E-state index < -0.39 is 0 Å². The number of hydrogen-bond acceptors (Lipinski definition) is 3. The van der Waals surface area contributed by atoms with E-state index in [9.17, 15) is 0 Å². The summed E-state index contributed by atoms with van der Waals surface area (Å²) in [7, 11) is 0. The minimum Gasteiger partial charge on any atom is -0.376 e. The van der Waals surface area contributed by atoms with Crippen LogP contribution in [0, 0.1) is 0 Å². The lowest BCUT2D eigenvalue weighted by atomic mass is 9.93. The van der Waals surface area contributed by atoms with Crippen LogP contribution in [0.15, 0.2) is 42.9 Å². The second-order valence-electron chi connectivity index (χ2n) is 5.70. The summed E-state index contributed by atoms with van der Waals surface area (Å²) in [5, 5.41) is 0. The average Bonchev–Trinajstić information content (AvgIpc) is 3.08. The van der Waals surface area contributed by atoms with Crippen LogP contribution >= 0.6 is 0 Å². The zero-order valence-corrected chi connectivity index (χ0v) is 12.0. The molecule has 1 saturated heterocycles. The number of nitrogens with two attached hydrogens (primary N) is 1. The Balaban J connectivity index is 1.99. The van der Waals surface area contributed by atoms with Gasteiger partial charge in [-0.3, -0.25) is 0 Å². The predicted molar refractivity (Wildman–Crippen MR) is 78.4 cm³/mol. The molecular formula is C16H21N3O. The van der Waals surface area contributed by atoms with Crippen molar-refractivity contribution in [1.29, 1.82) is 0 Å².